The SMILES string of the molecule is CCOc1ccc(-n2nnc3cnc(Cc4cnn(CCN5CCOCC5)c4)nc32)cc1. The third kappa shape index (κ3) is 4.61. The molecule has 1 aliphatic rings. The molecule has 166 valence electrons. The zero-order valence-corrected chi connectivity index (χ0v) is 18.1. The molecule has 1 aliphatic heterocycles. The Morgan fingerprint density at radius 1 is 1.06 bits per heavy atom. The van der Waals surface area contributed by atoms with Gasteiger partial charge in [-0.1, -0.05) is 5.21 Å². The second kappa shape index (κ2) is 9.41. The molecule has 10 heteroatoms. The molecule has 0 spiro atoms. The van der Waals surface area contributed by atoms with Crippen LogP contribution in [0.25, 0.3) is 16.9 Å². The van der Waals surface area contributed by atoms with E-state index < -0.39 is 0 Å². The maximum Gasteiger partial charge on any atom is 0.187 e. The summed E-state index contributed by atoms with van der Waals surface area (Å²) in [4.78, 5) is 11.6. The van der Waals surface area contributed by atoms with Crippen LogP contribution in [0.4, 0.5) is 0 Å². The lowest BCUT2D eigenvalue weighted by Crippen LogP contribution is -2.38. The second-order valence-electron chi connectivity index (χ2n) is 7.67. The van der Waals surface area contributed by atoms with Gasteiger partial charge in [0.15, 0.2) is 11.2 Å². The van der Waals surface area contributed by atoms with Gasteiger partial charge in [-0.15, -0.1) is 5.10 Å². The van der Waals surface area contributed by atoms with E-state index in [2.05, 4.69) is 31.5 Å². The first-order chi connectivity index (χ1) is 15.8. The van der Waals surface area contributed by atoms with Gasteiger partial charge in [0, 0.05) is 32.3 Å². The highest BCUT2D eigenvalue weighted by Gasteiger charge is 2.13. The van der Waals surface area contributed by atoms with Gasteiger partial charge in [-0.25, -0.2) is 9.97 Å². The van der Waals surface area contributed by atoms with E-state index in [1.54, 1.807) is 10.9 Å². The van der Waals surface area contributed by atoms with E-state index in [4.69, 9.17) is 14.5 Å². The van der Waals surface area contributed by atoms with Crippen LogP contribution >= 0.6 is 0 Å². The summed E-state index contributed by atoms with van der Waals surface area (Å²) in [7, 11) is 0. The summed E-state index contributed by atoms with van der Waals surface area (Å²) in [5.41, 5.74) is 3.28. The number of fused-ring (bicyclic) bond motifs is 1. The van der Waals surface area contributed by atoms with E-state index in [0.29, 0.717) is 30.0 Å². The number of aromatic nitrogens is 7. The Morgan fingerprint density at radius 2 is 1.91 bits per heavy atom. The highest BCUT2D eigenvalue weighted by molar-refractivity contribution is 5.70. The number of rotatable bonds is 8. The van der Waals surface area contributed by atoms with Crippen LogP contribution in [0.3, 0.4) is 0 Å². The fourth-order valence-corrected chi connectivity index (χ4v) is 3.74. The van der Waals surface area contributed by atoms with Gasteiger partial charge in [0.2, 0.25) is 0 Å². The smallest absolute Gasteiger partial charge is 0.187 e. The molecule has 0 saturated carbocycles. The third-order valence-electron chi connectivity index (χ3n) is 5.43. The number of morpholine rings is 1. The molecule has 5 rings (SSSR count). The van der Waals surface area contributed by atoms with Gasteiger partial charge in [-0.2, -0.15) is 9.78 Å². The minimum absolute atomic E-state index is 0.599. The Labute approximate surface area is 185 Å². The zero-order valence-electron chi connectivity index (χ0n) is 18.1. The Kier molecular flexibility index (Phi) is 6.04. The molecule has 0 bridgehead atoms. The second-order valence-corrected chi connectivity index (χ2v) is 7.67. The van der Waals surface area contributed by atoms with Gasteiger partial charge in [0.25, 0.3) is 0 Å². The van der Waals surface area contributed by atoms with Gasteiger partial charge < -0.3 is 9.47 Å². The predicted octanol–water partition coefficient (Wildman–Crippen LogP) is 1.73. The average Bonchev–Trinajstić information content (AvgIpc) is 3.46. The summed E-state index contributed by atoms with van der Waals surface area (Å²) in [6.45, 7) is 8.01. The van der Waals surface area contributed by atoms with Crippen LogP contribution in [0, 0.1) is 0 Å². The molecule has 1 aromatic carbocycles. The van der Waals surface area contributed by atoms with Crippen molar-refractivity contribution in [3.05, 3.63) is 54.2 Å². The molecule has 0 radical (unpaired) electrons. The lowest BCUT2D eigenvalue weighted by molar-refractivity contribution is 0.0359. The maximum atomic E-state index is 5.52. The topological polar surface area (TPSA) is 96.0 Å². The van der Waals surface area contributed by atoms with E-state index in [9.17, 15) is 0 Å². The minimum atomic E-state index is 0.599. The van der Waals surface area contributed by atoms with Crippen molar-refractivity contribution in [3.63, 3.8) is 0 Å². The van der Waals surface area contributed by atoms with E-state index in [0.717, 1.165) is 56.4 Å². The summed E-state index contributed by atoms with van der Waals surface area (Å²) in [6.07, 6.45) is 6.27. The number of hydrogen-bond acceptors (Lipinski definition) is 8. The fourth-order valence-electron chi connectivity index (χ4n) is 3.74. The van der Waals surface area contributed by atoms with Gasteiger partial charge >= 0.3 is 0 Å². The van der Waals surface area contributed by atoms with Gasteiger partial charge in [0.05, 0.1) is 44.4 Å². The normalized spacial score (nSPS) is 14.8. The van der Waals surface area contributed by atoms with Gasteiger partial charge in [-0.3, -0.25) is 9.58 Å². The molecule has 3 aromatic heterocycles. The first-order valence-electron chi connectivity index (χ1n) is 10.9. The van der Waals surface area contributed by atoms with E-state index in [1.807, 2.05) is 42.1 Å². The van der Waals surface area contributed by atoms with Crippen molar-refractivity contribution < 1.29 is 9.47 Å². The summed E-state index contributed by atoms with van der Waals surface area (Å²) < 4.78 is 14.6. The highest BCUT2D eigenvalue weighted by atomic mass is 16.5. The Bertz CT molecular complexity index is 1160. The van der Waals surface area contributed by atoms with E-state index in [1.165, 1.54) is 0 Å². The molecular weight excluding hydrogens is 408 g/mol. The lowest BCUT2D eigenvalue weighted by Gasteiger charge is -2.26. The lowest BCUT2D eigenvalue weighted by atomic mass is 10.2. The first kappa shape index (κ1) is 20.5. The van der Waals surface area contributed by atoms with Crippen molar-refractivity contribution in [1.82, 2.24) is 39.6 Å². The van der Waals surface area contributed by atoms with Crippen molar-refractivity contribution in [2.75, 3.05) is 39.5 Å². The number of benzene rings is 1. The van der Waals surface area contributed by atoms with E-state index >= 15 is 0 Å². The molecule has 0 unspecified atom stereocenters. The van der Waals surface area contributed by atoms with Gasteiger partial charge in [0.1, 0.15) is 11.6 Å². The third-order valence-corrected chi connectivity index (χ3v) is 5.43. The van der Waals surface area contributed by atoms with Crippen LogP contribution in [-0.2, 0) is 17.7 Å². The van der Waals surface area contributed by atoms with Crippen LogP contribution in [-0.4, -0.2) is 79.1 Å². The van der Waals surface area contributed by atoms with Crippen molar-refractivity contribution in [1.29, 1.82) is 0 Å². The molecule has 4 aromatic rings. The number of nitrogens with zero attached hydrogens (tertiary/aromatic N) is 8. The average molecular weight is 435 g/mol. The Morgan fingerprint density at radius 3 is 2.72 bits per heavy atom. The molecular formula is C22H26N8O2. The quantitative estimate of drug-likeness (QED) is 0.414. The summed E-state index contributed by atoms with van der Waals surface area (Å²) in [6, 6.07) is 7.72. The number of hydrogen-bond donors (Lipinski definition) is 0. The van der Waals surface area contributed by atoms with Crippen molar-refractivity contribution >= 4 is 11.2 Å². The van der Waals surface area contributed by atoms with Crippen LogP contribution in [0.2, 0.25) is 0 Å². The monoisotopic (exact) mass is 434 g/mol. The molecule has 1 saturated heterocycles. The molecule has 0 N–H and O–H groups in total. The van der Waals surface area contributed by atoms with Crippen molar-refractivity contribution in [3.8, 4) is 11.4 Å². The molecule has 4 heterocycles. The maximum absolute atomic E-state index is 5.52. The summed E-state index contributed by atoms with van der Waals surface area (Å²) in [5, 5.41) is 13.0. The first-order valence-corrected chi connectivity index (χ1v) is 10.9. The fraction of sp³-hybridized carbons (Fsp3) is 0.409. The molecule has 32 heavy (non-hydrogen) atoms. The largest absolute Gasteiger partial charge is 0.494 e. The summed E-state index contributed by atoms with van der Waals surface area (Å²) >= 11 is 0. The molecule has 1 fully saturated rings. The minimum Gasteiger partial charge on any atom is -0.494 e. The standard InChI is InChI=1S/C22H26N8O2/c1-2-32-19-5-3-18(4-6-19)30-22-20(26-27-30)15-23-21(25-22)13-17-14-24-29(16-17)8-7-28-9-11-31-12-10-28/h3-6,14-16H,2,7-13H2,1H3. The van der Waals surface area contributed by atoms with Crippen molar-refractivity contribution in [2.45, 2.75) is 19.9 Å². The highest BCUT2D eigenvalue weighted by Crippen LogP contribution is 2.18. The molecule has 10 nitrogen and oxygen atoms in total. The van der Waals surface area contributed by atoms with Crippen LogP contribution < -0.4 is 4.74 Å². The number of ether oxygens (including phenoxy) is 2. The van der Waals surface area contributed by atoms with Crippen LogP contribution in [0.15, 0.2) is 42.9 Å². The molecule has 0 aliphatic carbocycles. The molecule has 0 amide bonds. The summed E-state index contributed by atoms with van der Waals surface area (Å²) in [5.74, 6) is 1.53. The predicted molar refractivity (Wildman–Crippen MR) is 118 cm³/mol. The Hall–Kier alpha value is -3.37. The van der Waals surface area contributed by atoms with Gasteiger partial charge in [-0.05, 0) is 36.8 Å². The van der Waals surface area contributed by atoms with Crippen LogP contribution in [0.1, 0.15) is 18.3 Å². The van der Waals surface area contributed by atoms with Crippen LogP contribution in [0.5, 0.6) is 5.75 Å². The van der Waals surface area contributed by atoms with Crippen molar-refractivity contribution in [2.24, 2.45) is 0 Å². The Balaban J connectivity index is 1.29. The zero-order chi connectivity index (χ0) is 21.8. The molecule has 0 atom stereocenters. The van der Waals surface area contributed by atoms with E-state index in [-0.39, 0.29) is 0 Å².